The van der Waals surface area contributed by atoms with Crippen LogP contribution in [-0.4, -0.2) is 7.11 Å². The van der Waals surface area contributed by atoms with Crippen molar-refractivity contribution in [2.75, 3.05) is 7.11 Å². The second kappa shape index (κ2) is 7.82. The van der Waals surface area contributed by atoms with Gasteiger partial charge >= 0.3 is 0 Å². The van der Waals surface area contributed by atoms with Crippen LogP contribution in [0.1, 0.15) is 18.4 Å². The summed E-state index contributed by atoms with van der Waals surface area (Å²) in [7, 11) is 1.44. The van der Waals surface area contributed by atoms with Crippen molar-refractivity contribution in [2.45, 2.75) is 12.8 Å². The summed E-state index contributed by atoms with van der Waals surface area (Å²) in [5.41, 5.74) is 2.39. The lowest BCUT2D eigenvalue weighted by atomic mass is 9.95. The average molecular weight is 369 g/mol. The topological polar surface area (TPSA) is 9.23 Å². The molecule has 1 aromatic rings. The number of halogens is 4. The molecule has 126 valence electrons. The summed E-state index contributed by atoms with van der Waals surface area (Å²) < 4.78 is 32.0. The van der Waals surface area contributed by atoms with Gasteiger partial charge in [0.05, 0.1) is 12.1 Å². The van der Waals surface area contributed by atoms with Gasteiger partial charge < -0.3 is 4.74 Å². The van der Waals surface area contributed by atoms with Crippen LogP contribution in [0.4, 0.5) is 8.78 Å². The Hall–Kier alpha value is -1.84. The Morgan fingerprint density at radius 1 is 1.25 bits per heavy atom. The Kier molecular flexibility index (Phi) is 6.03. The molecule has 0 unspecified atom stereocenters. The molecule has 2 rings (SSSR count). The Labute approximate surface area is 150 Å². The highest BCUT2D eigenvalue weighted by Crippen LogP contribution is 2.33. The van der Waals surface area contributed by atoms with Crippen LogP contribution in [0.3, 0.4) is 0 Å². The van der Waals surface area contributed by atoms with Crippen molar-refractivity contribution in [1.29, 1.82) is 0 Å². The first-order valence-corrected chi connectivity index (χ1v) is 7.93. The second-order valence-corrected chi connectivity index (χ2v) is 6.08. The Morgan fingerprint density at radius 3 is 2.54 bits per heavy atom. The third kappa shape index (κ3) is 4.16. The molecule has 1 aromatic carbocycles. The highest BCUT2D eigenvalue weighted by atomic mass is 35.5. The maximum absolute atomic E-state index is 13.8. The van der Waals surface area contributed by atoms with E-state index >= 15 is 0 Å². The molecule has 0 fully saturated rings. The lowest BCUT2D eigenvalue weighted by Crippen LogP contribution is -2.00. The zero-order valence-electron chi connectivity index (χ0n) is 13.1. The van der Waals surface area contributed by atoms with Crippen molar-refractivity contribution < 1.29 is 13.5 Å². The van der Waals surface area contributed by atoms with Gasteiger partial charge in [-0.3, -0.25) is 0 Å². The molecule has 0 spiro atoms. The van der Waals surface area contributed by atoms with Gasteiger partial charge in [0.1, 0.15) is 11.6 Å². The normalized spacial score (nSPS) is 15.2. The predicted molar refractivity (Wildman–Crippen MR) is 96.0 cm³/mol. The smallest absolute Gasteiger partial charge is 0.161 e. The minimum Gasteiger partial charge on any atom is -0.498 e. The summed E-state index contributed by atoms with van der Waals surface area (Å²) in [5, 5.41) is 0.316. The van der Waals surface area contributed by atoms with Gasteiger partial charge in [-0.1, -0.05) is 42.4 Å². The van der Waals surface area contributed by atoms with Crippen LogP contribution < -0.4 is 0 Å². The summed E-state index contributed by atoms with van der Waals surface area (Å²) in [6.45, 7) is 7.81. The molecule has 1 aliphatic carbocycles. The van der Waals surface area contributed by atoms with Crippen LogP contribution in [-0.2, 0) is 4.74 Å². The number of benzene rings is 1. The van der Waals surface area contributed by atoms with Crippen LogP contribution in [0.25, 0.3) is 5.57 Å². The molecule has 0 atom stereocenters. The van der Waals surface area contributed by atoms with Gasteiger partial charge in [0.25, 0.3) is 0 Å². The van der Waals surface area contributed by atoms with E-state index in [1.807, 2.05) is 0 Å². The van der Waals surface area contributed by atoms with E-state index in [9.17, 15) is 8.78 Å². The maximum Gasteiger partial charge on any atom is 0.161 e. The molecule has 0 saturated heterocycles. The van der Waals surface area contributed by atoms with Crippen molar-refractivity contribution >= 4 is 28.8 Å². The first-order chi connectivity index (χ1) is 11.3. The van der Waals surface area contributed by atoms with E-state index in [0.29, 0.717) is 40.3 Å². The first kappa shape index (κ1) is 18.5. The number of rotatable bonds is 5. The first-order valence-electron chi connectivity index (χ1n) is 7.18. The quantitative estimate of drug-likeness (QED) is 0.524. The number of ether oxygens (including phenoxy) is 1. The molecule has 0 bridgehead atoms. The monoisotopic (exact) mass is 368 g/mol. The van der Waals surface area contributed by atoms with E-state index in [4.69, 9.17) is 27.9 Å². The van der Waals surface area contributed by atoms with E-state index in [1.165, 1.54) is 31.4 Å². The molecule has 1 aliphatic rings. The van der Waals surface area contributed by atoms with Crippen LogP contribution >= 0.6 is 23.2 Å². The molecule has 0 aliphatic heterocycles. The van der Waals surface area contributed by atoms with Gasteiger partial charge in [-0.05, 0) is 53.0 Å². The van der Waals surface area contributed by atoms with Gasteiger partial charge in [0.15, 0.2) is 5.83 Å². The average Bonchev–Trinajstić information content (AvgIpc) is 2.56. The van der Waals surface area contributed by atoms with Crippen LogP contribution in [0.15, 0.2) is 71.3 Å². The van der Waals surface area contributed by atoms with E-state index in [1.54, 1.807) is 6.08 Å². The Balaban J connectivity index is 2.21. The number of hydrogen-bond acceptors (Lipinski definition) is 1. The second-order valence-electron chi connectivity index (χ2n) is 5.27. The fraction of sp³-hybridized carbons (Fsp3) is 0.158. The van der Waals surface area contributed by atoms with Crippen molar-refractivity contribution in [1.82, 2.24) is 0 Å². The molecule has 1 nitrogen and oxygen atoms in total. The minimum atomic E-state index is -0.513. The lowest BCUT2D eigenvalue weighted by Gasteiger charge is -2.16. The fourth-order valence-corrected chi connectivity index (χ4v) is 2.70. The molecule has 0 heterocycles. The summed E-state index contributed by atoms with van der Waals surface area (Å²) in [6, 6.07) is 4.24. The molecule has 0 aromatic heterocycles. The van der Waals surface area contributed by atoms with Gasteiger partial charge in [0.2, 0.25) is 0 Å². The highest BCUT2D eigenvalue weighted by molar-refractivity contribution is 6.37. The summed E-state index contributed by atoms with van der Waals surface area (Å²) in [6.07, 6.45) is 4.07. The van der Waals surface area contributed by atoms with Crippen LogP contribution in [0.5, 0.6) is 0 Å². The third-order valence-corrected chi connectivity index (χ3v) is 4.33. The van der Waals surface area contributed by atoms with Gasteiger partial charge in [-0.2, -0.15) is 0 Å². The van der Waals surface area contributed by atoms with Gasteiger partial charge in [-0.25, -0.2) is 8.78 Å². The van der Waals surface area contributed by atoms with Crippen molar-refractivity contribution in [3.63, 3.8) is 0 Å². The van der Waals surface area contributed by atoms with E-state index in [0.717, 1.165) is 5.57 Å². The Bertz CT molecular complexity index is 789. The Morgan fingerprint density at radius 2 is 1.96 bits per heavy atom. The fourth-order valence-electron chi connectivity index (χ4n) is 2.28. The highest BCUT2D eigenvalue weighted by Gasteiger charge is 2.16. The van der Waals surface area contributed by atoms with E-state index < -0.39 is 11.6 Å². The largest absolute Gasteiger partial charge is 0.498 e. The van der Waals surface area contributed by atoms with Gasteiger partial charge in [0, 0.05) is 11.5 Å². The van der Waals surface area contributed by atoms with Crippen molar-refractivity contribution in [3.8, 4) is 0 Å². The zero-order valence-corrected chi connectivity index (χ0v) is 14.6. The summed E-state index contributed by atoms with van der Waals surface area (Å²) in [4.78, 5) is 0. The summed E-state index contributed by atoms with van der Waals surface area (Å²) >= 11 is 12.0. The van der Waals surface area contributed by atoms with E-state index in [2.05, 4.69) is 13.2 Å². The van der Waals surface area contributed by atoms with Crippen LogP contribution in [0.2, 0.25) is 5.02 Å². The third-order valence-electron chi connectivity index (χ3n) is 3.70. The standard InChI is InChI=1S/C19H16Cl2F2O/c1-11(13-5-7-19(24-3)18(23)10-13)8-15(20)12(2)14-4-6-17(22)16(21)9-14/h4,6,8-10H,1-2,5,7H2,3H3/b15-8+. The molecule has 0 N–H and O–H groups in total. The number of allylic oxidation sites excluding steroid dienone is 8. The molecular formula is C19H16Cl2F2O. The minimum absolute atomic E-state index is 0.00812. The molecular weight excluding hydrogens is 353 g/mol. The molecule has 5 heteroatoms. The molecule has 24 heavy (non-hydrogen) atoms. The SMILES string of the molecule is C=C(/C=C(/Cl)C(=C)c1ccc(F)c(Cl)c1)C1=CC(F)=C(OC)CC1. The van der Waals surface area contributed by atoms with Crippen molar-refractivity contribution in [3.05, 3.63) is 87.7 Å². The van der Waals surface area contributed by atoms with Crippen LogP contribution in [0, 0.1) is 5.82 Å². The molecule has 0 radical (unpaired) electrons. The lowest BCUT2D eigenvalue weighted by molar-refractivity contribution is 0.261. The van der Waals surface area contributed by atoms with E-state index in [-0.39, 0.29) is 5.02 Å². The number of hydrogen-bond donors (Lipinski definition) is 0. The molecule has 0 amide bonds. The van der Waals surface area contributed by atoms with Crippen molar-refractivity contribution in [2.24, 2.45) is 0 Å². The maximum atomic E-state index is 13.8. The zero-order chi connectivity index (χ0) is 17.9. The summed E-state index contributed by atoms with van der Waals surface area (Å²) in [5.74, 6) is -0.596. The number of methoxy groups -OCH3 is 1. The van der Waals surface area contributed by atoms with Gasteiger partial charge in [-0.15, -0.1) is 0 Å². The predicted octanol–water partition coefficient (Wildman–Crippen LogP) is 6.72. The molecule has 0 saturated carbocycles.